The smallest absolute Gasteiger partial charge is 0.255 e. The lowest BCUT2D eigenvalue weighted by Gasteiger charge is -2.14. The standard InChI is InChI=1S/C16H16ClN3O/c17-13-5-3-11(4-6-13)16(21)20-14-2-1-8-19-15(14)12-7-9-18-10-12/h1-6,8,12,18H,7,9-10H2,(H,20,21). The number of carbonyl (C=O) groups excluding carboxylic acids is 1. The van der Waals surface area contributed by atoms with Gasteiger partial charge in [0.05, 0.1) is 11.4 Å². The fourth-order valence-electron chi connectivity index (χ4n) is 2.53. The Balaban J connectivity index is 1.81. The van der Waals surface area contributed by atoms with Crippen molar-refractivity contribution in [2.24, 2.45) is 0 Å². The highest BCUT2D eigenvalue weighted by molar-refractivity contribution is 6.30. The van der Waals surface area contributed by atoms with Gasteiger partial charge >= 0.3 is 0 Å². The van der Waals surface area contributed by atoms with Crippen LogP contribution in [0.5, 0.6) is 0 Å². The molecule has 21 heavy (non-hydrogen) atoms. The predicted octanol–water partition coefficient (Wildman–Crippen LogP) is 3.06. The van der Waals surface area contributed by atoms with E-state index in [1.807, 2.05) is 12.1 Å². The zero-order chi connectivity index (χ0) is 14.7. The van der Waals surface area contributed by atoms with Crippen molar-refractivity contribution < 1.29 is 4.79 Å². The van der Waals surface area contributed by atoms with Gasteiger partial charge in [0, 0.05) is 29.2 Å². The summed E-state index contributed by atoms with van der Waals surface area (Å²) in [5, 5.41) is 6.89. The van der Waals surface area contributed by atoms with Gasteiger partial charge in [-0.25, -0.2) is 0 Å². The van der Waals surface area contributed by atoms with Crippen LogP contribution in [0.4, 0.5) is 5.69 Å². The van der Waals surface area contributed by atoms with Crippen molar-refractivity contribution in [2.75, 3.05) is 18.4 Å². The molecule has 1 amide bonds. The van der Waals surface area contributed by atoms with E-state index in [-0.39, 0.29) is 5.91 Å². The number of nitrogens with zero attached hydrogens (tertiary/aromatic N) is 1. The van der Waals surface area contributed by atoms with Gasteiger partial charge in [0.25, 0.3) is 5.91 Å². The molecule has 1 aromatic heterocycles. The zero-order valence-electron chi connectivity index (χ0n) is 11.5. The second-order valence-electron chi connectivity index (χ2n) is 5.09. The molecule has 108 valence electrons. The molecule has 1 fully saturated rings. The quantitative estimate of drug-likeness (QED) is 0.916. The number of hydrogen-bond donors (Lipinski definition) is 2. The van der Waals surface area contributed by atoms with Crippen LogP contribution in [0.3, 0.4) is 0 Å². The number of pyridine rings is 1. The fraction of sp³-hybridized carbons (Fsp3) is 0.250. The third-order valence-corrected chi connectivity index (χ3v) is 3.89. The molecular weight excluding hydrogens is 286 g/mol. The largest absolute Gasteiger partial charge is 0.320 e. The van der Waals surface area contributed by atoms with E-state index < -0.39 is 0 Å². The van der Waals surface area contributed by atoms with Crippen LogP contribution in [-0.4, -0.2) is 24.0 Å². The number of nitrogens with one attached hydrogen (secondary N) is 2. The molecule has 0 spiro atoms. The van der Waals surface area contributed by atoms with Gasteiger partial charge in [-0.05, 0) is 49.4 Å². The lowest BCUT2D eigenvalue weighted by molar-refractivity contribution is 0.102. The van der Waals surface area contributed by atoms with Crippen LogP contribution in [0.2, 0.25) is 5.02 Å². The molecule has 2 heterocycles. The van der Waals surface area contributed by atoms with Gasteiger partial charge in [-0.2, -0.15) is 0 Å². The molecule has 1 atom stereocenters. The van der Waals surface area contributed by atoms with Crippen molar-refractivity contribution in [1.82, 2.24) is 10.3 Å². The summed E-state index contributed by atoms with van der Waals surface area (Å²) in [6.45, 7) is 1.90. The molecule has 1 aromatic carbocycles. The summed E-state index contributed by atoms with van der Waals surface area (Å²) in [4.78, 5) is 16.7. The first-order valence-electron chi connectivity index (χ1n) is 6.96. The molecule has 1 aliphatic rings. The molecule has 1 unspecified atom stereocenters. The van der Waals surface area contributed by atoms with E-state index in [9.17, 15) is 4.79 Å². The summed E-state index contributed by atoms with van der Waals surface area (Å²) in [5.74, 6) is 0.207. The van der Waals surface area contributed by atoms with Gasteiger partial charge in [-0.3, -0.25) is 9.78 Å². The first kappa shape index (κ1) is 14.0. The monoisotopic (exact) mass is 301 g/mol. The van der Waals surface area contributed by atoms with Crippen LogP contribution in [0.15, 0.2) is 42.6 Å². The number of rotatable bonds is 3. The van der Waals surface area contributed by atoms with Crippen LogP contribution in [0.1, 0.15) is 28.4 Å². The Labute approximate surface area is 128 Å². The minimum atomic E-state index is -0.146. The van der Waals surface area contributed by atoms with Gasteiger partial charge in [0.2, 0.25) is 0 Å². The van der Waals surface area contributed by atoms with E-state index in [0.29, 0.717) is 16.5 Å². The Morgan fingerprint density at radius 1 is 1.29 bits per heavy atom. The zero-order valence-corrected chi connectivity index (χ0v) is 12.2. The lowest BCUT2D eigenvalue weighted by atomic mass is 10.0. The fourth-order valence-corrected chi connectivity index (χ4v) is 2.66. The van der Waals surface area contributed by atoms with Crippen molar-refractivity contribution in [3.05, 3.63) is 58.9 Å². The molecule has 3 rings (SSSR count). The predicted molar refractivity (Wildman–Crippen MR) is 83.9 cm³/mol. The van der Waals surface area contributed by atoms with Gasteiger partial charge < -0.3 is 10.6 Å². The third kappa shape index (κ3) is 3.23. The highest BCUT2D eigenvalue weighted by Gasteiger charge is 2.21. The molecule has 5 heteroatoms. The van der Waals surface area contributed by atoms with E-state index in [1.54, 1.807) is 30.5 Å². The number of halogens is 1. The highest BCUT2D eigenvalue weighted by Crippen LogP contribution is 2.27. The minimum absolute atomic E-state index is 0.146. The number of aromatic nitrogens is 1. The summed E-state index contributed by atoms with van der Waals surface area (Å²) in [7, 11) is 0. The summed E-state index contributed by atoms with van der Waals surface area (Å²) in [6.07, 6.45) is 2.81. The molecule has 0 aliphatic carbocycles. The van der Waals surface area contributed by atoms with E-state index in [4.69, 9.17) is 11.6 Å². The number of benzene rings is 1. The van der Waals surface area contributed by atoms with Gasteiger partial charge in [0.15, 0.2) is 0 Å². The number of amides is 1. The highest BCUT2D eigenvalue weighted by atomic mass is 35.5. The van der Waals surface area contributed by atoms with Crippen molar-refractivity contribution in [1.29, 1.82) is 0 Å². The number of carbonyl (C=O) groups is 1. The summed E-state index contributed by atoms with van der Waals surface area (Å²) >= 11 is 5.84. The maximum Gasteiger partial charge on any atom is 0.255 e. The van der Waals surface area contributed by atoms with E-state index in [1.165, 1.54) is 0 Å². The Morgan fingerprint density at radius 2 is 2.10 bits per heavy atom. The first-order chi connectivity index (χ1) is 10.2. The van der Waals surface area contributed by atoms with E-state index in [0.717, 1.165) is 30.9 Å². The lowest BCUT2D eigenvalue weighted by Crippen LogP contribution is -2.16. The van der Waals surface area contributed by atoms with Crippen molar-refractivity contribution in [2.45, 2.75) is 12.3 Å². The molecule has 4 nitrogen and oxygen atoms in total. The molecule has 1 saturated heterocycles. The van der Waals surface area contributed by atoms with Crippen molar-refractivity contribution in [3.8, 4) is 0 Å². The van der Waals surface area contributed by atoms with E-state index >= 15 is 0 Å². The van der Waals surface area contributed by atoms with Crippen LogP contribution < -0.4 is 10.6 Å². The number of hydrogen-bond acceptors (Lipinski definition) is 3. The Kier molecular flexibility index (Phi) is 4.18. The van der Waals surface area contributed by atoms with Gasteiger partial charge in [0.1, 0.15) is 0 Å². The maximum absolute atomic E-state index is 12.3. The second kappa shape index (κ2) is 6.24. The minimum Gasteiger partial charge on any atom is -0.320 e. The molecule has 2 N–H and O–H groups in total. The Bertz CT molecular complexity index is 636. The van der Waals surface area contributed by atoms with Crippen molar-refractivity contribution >= 4 is 23.2 Å². The van der Waals surface area contributed by atoms with Crippen LogP contribution in [0, 0.1) is 0 Å². The molecule has 0 saturated carbocycles. The molecule has 0 bridgehead atoms. The average Bonchev–Trinajstić information content (AvgIpc) is 3.02. The second-order valence-corrected chi connectivity index (χ2v) is 5.52. The first-order valence-corrected chi connectivity index (χ1v) is 7.34. The summed E-state index contributed by atoms with van der Waals surface area (Å²) < 4.78 is 0. The van der Waals surface area contributed by atoms with E-state index in [2.05, 4.69) is 15.6 Å². The van der Waals surface area contributed by atoms with Gasteiger partial charge in [-0.15, -0.1) is 0 Å². The average molecular weight is 302 g/mol. The Hall–Kier alpha value is -1.91. The molecular formula is C16H16ClN3O. The van der Waals surface area contributed by atoms with Gasteiger partial charge in [-0.1, -0.05) is 11.6 Å². The van der Waals surface area contributed by atoms with Crippen LogP contribution >= 0.6 is 11.6 Å². The Morgan fingerprint density at radius 3 is 2.81 bits per heavy atom. The summed E-state index contributed by atoms with van der Waals surface area (Å²) in [5.41, 5.74) is 2.31. The van der Waals surface area contributed by atoms with Crippen LogP contribution in [0.25, 0.3) is 0 Å². The normalized spacial score (nSPS) is 17.7. The van der Waals surface area contributed by atoms with Crippen molar-refractivity contribution in [3.63, 3.8) is 0 Å². The third-order valence-electron chi connectivity index (χ3n) is 3.64. The molecule has 1 aliphatic heterocycles. The SMILES string of the molecule is O=C(Nc1cccnc1C1CCNC1)c1ccc(Cl)cc1. The molecule has 0 radical (unpaired) electrons. The topological polar surface area (TPSA) is 54.0 Å². The summed E-state index contributed by atoms with van der Waals surface area (Å²) in [6, 6.07) is 10.6. The molecule has 2 aromatic rings. The van der Waals surface area contributed by atoms with Crippen LogP contribution in [-0.2, 0) is 0 Å². The maximum atomic E-state index is 12.3. The number of anilines is 1.